The van der Waals surface area contributed by atoms with Crippen molar-refractivity contribution in [1.82, 2.24) is 20.1 Å². The first-order chi connectivity index (χ1) is 16.5. The molecule has 0 fully saturated rings. The number of hydrogen-bond acceptors (Lipinski definition) is 8. The van der Waals surface area contributed by atoms with Gasteiger partial charge in [0.25, 0.3) is 5.89 Å². The van der Waals surface area contributed by atoms with Gasteiger partial charge in [-0.2, -0.15) is 0 Å². The molecule has 3 aromatic heterocycles. The van der Waals surface area contributed by atoms with Gasteiger partial charge in [0.15, 0.2) is 10.9 Å². The van der Waals surface area contributed by atoms with E-state index in [2.05, 4.69) is 15.2 Å². The molecule has 0 unspecified atom stereocenters. The minimum atomic E-state index is -0.208. The van der Waals surface area contributed by atoms with E-state index < -0.39 is 0 Å². The molecule has 174 valence electrons. The van der Waals surface area contributed by atoms with E-state index in [9.17, 15) is 9.59 Å². The average Bonchev–Trinajstić information content (AvgIpc) is 3.60. The monoisotopic (exact) mass is 477 g/mol. The maximum Gasteiger partial charge on any atom is 0.283 e. The van der Waals surface area contributed by atoms with Gasteiger partial charge < -0.3 is 13.7 Å². The lowest BCUT2D eigenvalue weighted by atomic mass is 10.3. The lowest BCUT2D eigenvalue weighted by molar-refractivity contribution is -0.126. The van der Waals surface area contributed by atoms with Crippen molar-refractivity contribution < 1.29 is 18.4 Å². The van der Waals surface area contributed by atoms with Crippen molar-refractivity contribution in [3.8, 4) is 11.7 Å². The number of aromatic nitrogens is 3. The van der Waals surface area contributed by atoms with Crippen LogP contribution in [0.3, 0.4) is 0 Å². The second kappa shape index (κ2) is 10.7. The molecule has 0 spiro atoms. The first-order valence-corrected chi connectivity index (χ1v) is 11.6. The highest BCUT2D eigenvalue weighted by Crippen LogP contribution is 2.29. The fourth-order valence-electron chi connectivity index (χ4n) is 3.24. The van der Waals surface area contributed by atoms with Crippen LogP contribution in [-0.2, 0) is 16.1 Å². The third-order valence-corrected chi connectivity index (χ3v) is 5.60. The summed E-state index contributed by atoms with van der Waals surface area (Å²) in [6.07, 6.45) is 5.38. The quantitative estimate of drug-likeness (QED) is 0.315. The molecular formula is C24H23N5O4S. The Morgan fingerprint density at radius 2 is 1.94 bits per heavy atom. The van der Waals surface area contributed by atoms with Crippen molar-refractivity contribution >= 4 is 40.0 Å². The van der Waals surface area contributed by atoms with Crippen LogP contribution in [0.4, 0.5) is 10.8 Å². The van der Waals surface area contributed by atoms with E-state index in [0.29, 0.717) is 29.0 Å². The zero-order valence-corrected chi connectivity index (χ0v) is 19.6. The molecule has 0 aliphatic rings. The lowest BCUT2D eigenvalue weighted by Gasteiger charge is -2.18. The molecule has 34 heavy (non-hydrogen) atoms. The summed E-state index contributed by atoms with van der Waals surface area (Å²) in [7, 11) is 0. The summed E-state index contributed by atoms with van der Waals surface area (Å²) in [5, 5.41) is 10.3. The molecule has 0 bridgehead atoms. The van der Waals surface area contributed by atoms with Gasteiger partial charge in [0.2, 0.25) is 17.7 Å². The van der Waals surface area contributed by atoms with Crippen molar-refractivity contribution in [3.05, 3.63) is 71.8 Å². The normalized spacial score (nSPS) is 11.1. The van der Waals surface area contributed by atoms with Gasteiger partial charge in [0, 0.05) is 24.9 Å². The molecule has 1 aromatic carbocycles. The van der Waals surface area contributed by atoms with Crippen LogP contribution in [0.2, 0.25) is 0 Å². The number of amides is 2. The van der Waals surface area contributed by atoms with Gasteiger partial charge in [-0.3, -0.25) is 14.5 Å². The average molecular weight is 478 g/mol. The fraction of sp³-hybridized carbons (Fsp3) is 0.208. The van der Waals surface area contributed by atoms with E-state index in [-0.39, 0.29) is 24.2 Å². The van der Waals surface area contributed by atoms with Crippen LogP contribution in [0, 0.1) is 0 Å². The van der Waals surface area contributed by atoms with E-state index in [1.807, 2.05) is 37.3 Å². The minimum absolute atomic E-state index is 0.144. The highest BCUT2D eigenvalue weighted by atomic mass is 32.1. The van der Waals surface area contributed by atoms with Crippen molar-refractivity contribution in [2.45, 2.75) is 26.8 Å². The molecule has 0 atom stereocenters. The second-order valence-corrected chi connectivity index (χ2v) is 8.15. The number of carbonyl (C=O) groups excluding carboxylic acids is 2. The van der Waals surface area contributed by atoms with Crippen LogP contribution < -0.4 is 4.90 Å². The summed E-state index contributed by atoms with van der Waals surface area (Å²) >= 11 is 1.33. The van der Waals surface area contributed by atoms with Crippen LogP contribution >= 0.6 is 11.3 Å². The molecule has 10 heteroatoms. The van der Waals surface area contributed by atoms with Gasteiger partial charge in [-0.05, 0) is 36.8 Å². The van der Waals surface area contributed by atoms with Crippen molar-refractivity contribution in [2.24, 2.45) is 0 Å². The van der Waals surface area contributed by atoms with Gasteiger partial charge in [-0.15, -0.1) is 21.5 Å². The van der Waals surface area contributed by atoms with Crippen LogP contribution in [0.5, 0.6) is 0 Å². The molecule has 0 saturated carbocycles. The molecule has 0 aliphatic carbocycles. The van der Waals surface area contributed by atoms with E-state index in [1.165, 1.54) is 30.6 Å². The third-order valence-electron chi connectivity index (χ3n) is 4.76. The minimum Gasteiger partial charge on any atom is -0.459 e. The number of thiazole rings is 1. The van der Waals surface area contributed by atoms with Crippen molar-refractivity contribution in [1.29, 1.82) is 0 Å². The Kier molecular flexibility index (Phi) is 7.28. The van der Waals surface area contributed by atoms with Crippen LogP contribution in [0.1, 0.15) is 31.9 Å². The Balaban J connectivity index is 1.45. The van der Waals surface area contributed by atoms with Crippen LogP contribution in [0.25, 0.3) is 17.7 Å². The second-order valence-electron chi connectivity index (χ2n) is 7.32. The van der Waals surface area contributed by atoms with E-state index in [4.69, 9.17) is 8.83 Å². The molecule has 0 N–H and O–H groups in total. The fourth-order valence-corrected chi connectivity index (χ4v) is 4.09. The molecule has 3 heterocycles. The summed E-state index contributed by atoms with van der Waals surface area (Å²) in [4.78, 5) is 32.8. The van der Waals surface area contributed by atoms with Gasteiger partial charge in [0.05, 0.1) is 24.2 Å². The van der Waals surface area contributed by atoms with Crippen molar-refractivity contribution in [2.75, 3.05) is 11.4 Å². The van der Waals surface area contributed by atoms with Crippen LogP contribution in [-0.4, -0.2) is 38.4 Å². The lowest BCUT2D eigenvalue weighted by Crippen LogP contribution is -2.29. The Labute approximate surface area is 200 Å². The molecule has 4 rings (SSSR count). The highest BCUT2D eigenvalue weighted by Gasteiger charge is 2.19. The standard InChI is InChI=1S/C24H23N5O4S/c1-3-13-28(15-21-26-27-23(33-21)20-10-7-14-32-20)22(31)12-11-18-16-34-24(25-18)29(17(2)30)19-8-5-4-6-9-19/h4-12,14,16H,3,13,15H2,1-2H3/b12-11+. The molecule has 2 amide bonds. The SMILES string of the molecule is CCCN(Cc1nnc(-c2ccco2)o1)C(=O)/C=C/c1csc(N(C(C)=O)c2ccccc2)n1. The Hall–Kier alpha value is -4.05. The van der Waals surface area contributed by atoms with E-state index in [1.54, 1.807) is 33.4 Å². The summed E-state index contributed by atoms with van der Waals surface area (Å²) in [5.74, 6) is 0.706. The molecule has 0 aliphatic heterocycles. The molecule has 0 radical (unpaired) electrons. The molecule has 9 nitrogen and oxygen atoms in total. The first-order valence-electron chi connectivity index (χ1n) is 10.7. The Bertz CT molecular complexity index is 1260. The summed E-state index contributed by atoms with van der Waals surface area (Å²) in [5.41, 5.74) is 1.32. The Morgan fingerprint density at radius 3 is 2.65 bits per heavy atom. The predicted octanol–water partition coefficient (Wildman–Crippen LogP) is 4.92. The number of carbonyl (C=O) groups is 2. The topological polar surface area (TPSA) is 106 Å². The summed E-state index contributed by atoms with van der Waals surface area (Å²) < 4.78 is 10.9. The van der Waals surface area contributed by atoms with Gasteiger partial charge >= 0.3 is 0 Å². The van der Waals surface area contributed by atoms with Crippen molar-refractivity contribution in [3.63, 3.8) is 0 Å². The first kappa shape index (κ1) is 23.1. The van der Waals surface area contributed by atoms with Gasteiger partial charge in [-0.1, -0.05) is 25.1 Å². The number of anilines is 2. The van der Waals surface area contributed by atoms with E-state index >= 15 is 0 Å². The molecule has 4 aromatic rings. The zero-order valence-electron chi connectivity index (χ0n) is 18.7. The molecular weight excluding hydrogens is 454 g/mol. The predicted molar refractivity (Wildman–Crippen MR) is 128 cm³/mol. The number of furan rings is 1. The maximum absolute atomic E-state index is 12.9. The largest absolute Gasteiger partial charge is 0.459 e. The number of benzene rings is 1. The number of nitrogens with zero attached hydrogens (tertiary/aromatic N) is 5. The zero-order chi connectivity index (χ0) is 23.9. The number of para-hydroxylation sites is 1. The number of hydrogen-bond donors (Lipinski definition) is 0. The van der Waals surface area contributed by atoms with E-state index in [0.717, 1.165) is 12.1 Å². The van der Waals surface area contributed by atoms with Crippen LogP contribution in [0.15, 0.2) is 69.0 Å². The smallest absolute Gasteiger partial charge is 0.283 e. The third kappa shape index (κ3) is 5.46. The highest BCUT2D eigenvalue weighted by molar-refractivity contribution is 7.14. The summed E-state index contributed by atoms with van der Waals surface area (Å²) in [6.45, 7) is 4.18. The van der Waals surface area contributed by atoms with Gasteiger partial charge in [0.1, 0.15) is 0 Å². The van der Waals surface area contributed by atoms with Gasteiger partial charge in [-0.25, -0.2) is 4.98 Å². The maximum atomic E-state index is 12.9. The number of rotatable bonds is 9. The molecule has 0 saturated heterocycles. The Morgan fingerprint density at radius 1 is 1.12 bits per heavy atom. The summed E-state index contributed by atoms with van der Waals surface area (Å²) in [6, 6.07) is 12.8.